The maximum atomic E-state index is 12.8. The predicted octanol–water partition coefficient (Wildman–Crippen LogP) is 3.63. The lowest BCUT2D eigenvalue weighted by Crippen LogP contribution is -2.31. The average molecular weight is 449 g/mol. The van der Waals surface area contributed by atoms with Gasteiger partial charge in [-0.1, -0.05) is 30.3 Å². The van der Waals surface area contributed by atoms with Gasteiger partial charge in [-0.25, -0.2) is 9.69 Å². The molecule has 0 spiro atoms. The van der Waals surface area contributed by atoms with Gasteiger partial charge in [0, 0.05) is 12.1 Å². The van der Waals surface area contributed by atoms with E-state index in [9.17, 15) is 19.2 Å². The Bertz CT molecular complexity index is 1210. The van der Waals surface area contributed by atoms with Crippen LogP contribution in [0, 0.1) is 0 Å². The van der Waals surface area contributed by atoms with Crippen molar-refractivity contribution in [3.05, 3.63) is 72.3 Å². The molecule has 0 radical (unpaired) electrons. The maximum absolute atomic E-state index is 12.8. The van der Waals surface area contributed by atoms with Crippen LogP contribution in [0.5, 0.6) is 0 Å². The van der Waals surface area contributed by atoms with E-state index in [0.29, 0.717) is 16.9 Å². The minimum absolute atomic E-state index is 0.0194. The number of benzene rings is 3. The molecule has 1 N–H and O–H groups in total. The molecule has 0 aromatic heterocycles. The number of nitrogens with zero attached hydrogens (tertiary/aromatic N) is 1. The van der Waals surface area contributed by atoms with Gasteiger partial charge in [0.1, 0.15) is 0 Å². The van der Waals surface area contributed by atoms with Gasteiger partial charge in [0.05, 0.1) is 29.4 Å². The Hall–Kier alpha value is -3.65. The Morgan fingerprint density at radius 3 is 2.47 bits per heavy atom. The van der Waals surface area contributed by atoms with Crippen molar-refractivity contribution in [3.63, 3.8) is 0 Å². The van der Waals surface area contributed by atoms with Crippen molar-refractivity contribution in [1.82, 2.24) is 0 Å². The molecular weight excluding hydrogens is 428 g/mol. The third-order valence-corrected chi connectivity index (χ3v) is 6.30. The zero-order valence-corrected chi connectivity index (χ0v) is 18.1. The topological polar surface area (TPSA) is 92.8 Å². The highest BCUT2D eigenvalue weighted by Gasteiger charge is 2.40. The Kier molecular flexibility index (Phi) is 6.23. The van der Waals surface area contributed by atoms with Crippen LogP contribution < -0.4 is 10.2 Å². The van der Waals surface area contributed by atoms with E-state index >= 15 is 0 Å². The van der Waals surface area contributed by atoms with E-state index in [2.05, 4.69) is 10.1 Å². The molecule has 8 heteroatoms. The number of esters is 1. The molecule has 3 amide bonds. The summed E-state index contributed by atoms with van der Waals surface area (Å²) in [4.78, 5) is 50.2. The molecule has 0 aliphatic carbocycles. The molecule has 32 heavy (non-hydrogen) atoms. The first kappa shape index (κ1) is 21.6. The van der Waals surface area contributed by atoms with Crippen LogP contribution >= 0.6 is 11.8 Å². The third-order valence-electron chi connectivity index (χ3n) is 5.10. The highest BCUT2D eigenvalue weighted by atomic mass is 32.2. The van der Waals surface area contributed by atoms with Gasteiger partial charge in [0.15, 0.2) is 0 Å². The molecule has 3 aromatic carbocycles. The summed E-state index contributed by atoms with van der Waals surface area (Å²) < 4.78 is 4.65. The SMILES string of the molecule is COC(=O)c1ccc(N2C(=O)CC(SCC(=O)Nc3ccc4ccccc4c3)C2=O)cc1. The summed E-state index contributed by atoms with van der Waals surface area (Å²) in [6.45, 7) is 0. The summed E-state index contributed by atoms with van der Waals surface area (Å²) in [6, 6.07) is 19.6. The summed E-state index contributed by atoms with van der Waals surface area (Å²) >= 11 is 1.14. The number of ether oxygens (including phenoxy) is 1. The minimum Gasteiger partial charge on any atom is -0.465 e. The van der Waals surface area contributed by atoms with Crippen LogP contribution in [-0.2, 0) is 19.1 Å². The van der Waals surface area contributed by atoms with Crippen molar-refractivity contribution in [2.24, 2.45) is 0 Å². The number of thioether (sulfide) groups is 1. The van der Waals surface area contributed by atoms with Crippen molar-refractivity contribution in [2.75, 3.05) is 23.1 Å². The van der Waals surface area contributed by atoms with Crippen LogP contribution in [0.2, 0.25) is 0 Å². The van der Waals surface area contributed by atoms with E-state index < -0.39 is 11.2 Å². The van der Waals surface area contributed by atoms with Gasteiger partial charge in [-0.15, -0.1) is 11.8 Å². The van der Waals surface area contributed by atoms with Gasteiger partial charge in [-0.05, 0) is 47.2 Å². The van der Waals surface area contributed by atoms with Crippen LogP contribution in [0.3, 0.4) is 0 Å². The number of methoxy groups -OCH3 is 1. The van der Waals surface area contributed by atoms with Crippen LogP contribution in [0.1, 0.15) is 16.8 Å². The van der Waals surface area contributed by atoms with E-state index in [1.165, 1.54) is 31.4 Å². The predicted molar refractivity (Wildman–Crippen MR) is 124 cm³/mol. The van der Waals surface area contributed by atoms with Crippen LogP contribution in [0.25, 0.3) is 10.8 Å². The summed E-state index contributed by atoms with van der Waals surface area (Å²) in [5.41, 5.74) is 1.39. The van der Waals surface area contributed by atoms with Crippen molar-refractivity contribution in [2.45, 2.75) is 11.7 Å². The largest absolute Gasteiger partial charge is 0.465 e. The fraction of sp³-hybridized carbons (Fsp3) is 0.167. The molecule has 7 nitrogen and oxygen atoms in total. The summed E-state index contributed by atoms with van der Waals surface area (Å²) in [6.07, 6.45) is 0.0194. The van der Waals surface area contributed by atoms with Gasteiger partial charge < -0.3 is 10.1 Å². The van der Waals surface area contributed by atoms with Crippen LogP contribution in [0.15, 0.2) is 66.7 Å². The smallest absolute Gasteiger partial charge is 0.337 e. The number of rotatable bonds is 6. The molecule has 1 unspecified atom stereocenters. The molecule has 0 saturated carbocycles. The number of amides is 3. The molecule has 162 valence electrons. The molecule has 1 aliphatic heterocycles. The second-order valence-corrected chi connectivity index (χ2v) is 8.41. The van der Waals surface area contributed by atoms with Crippen molar-refractivity contribution in [1.29, 1.82) is 0 Å². The first-order valence-electron chi connectivity index (χ1n) is 9.91. The second-order valence-electron chi connectivity index (χ2n) is 7.22. The Labute approximate surface area is 188 Å². The molecule has 1 heterocycles. The van der Waals surface area contributed by atoms with Crippen molar-refractivity contribution >= 4 is 57.6 Å². The Morgan fingerprint density at radius 2 is 1.75 bits per heavy atom. The lowest BCUT2D eigenvalue weighted by atomic mass is 10.1. The lowest BCUT2D eigenvalue weighted by molar-refractivity contribution is -0.121. The molecule has 4 rings (SSSR count). The zero-order valence-electron chi connectivity index (χ0n) is 17.2. The van der Waals surface area contributed by atoms with Gasteiger partial charge in [-0.3, -0.25) is 14.4 Å². The minimum atomic E-state index is -0.634. The standard InChI is InChI=1S/C24H20N2O5S/c1-31-24(30)16-7-10-19(11-8-16)26-22(28)13-20(23(26)29)32-14-21(27)25-18-9-6-15-4-2-3-5-17(15)12-18/h2-12,20H,13-14H2,1H3,(H,25,27). The van der Waals surface area contributed by atoms with Gasteiger partial charge in [0.25, 0.3) is 0 Å². The maximum Gasteiger partial charge on any atom is 0.337 e. The normalized spacial score (nSPS) is 15.8. The first-order valence-corrected chi connectivity index (χ1v) is 11.0. The summed E-state index contributed by atoms with van der Waals surface area (Å²) in [5, 5.41) is 4.30. The van der Waals surface area contributed by atoms with Crippen LogP contribution in [0.4, 0.5) is 11.4 Å². The highest BCUT2D eigenvalue weighted by molar-refractivity contribution is 8.01. The number of fused-ring (bicyclic) bond motifs is 1. The summed E-state index contributed by atoms with van der Waals surface area (Å²) in [7, 11) is 1.28. The fourth-order valence-electron chi connectivity index (χ4n) is 3.51. The molecular formula is C24H20N2O5S. The molecule has 1 fully saturated rings. The number of hydrogen-bond acceptors (Lipinski definition) is 6. The van der Waals surface area contributed by atoms with E-state index in [-0.39, 0.29) is 29.9 Å². The monoisotopic (exact) mass is 448 g/mol. The summed E-state index contributed by atoms with van der Waals surface area (Å²) in [5.74, 6) is -1.41. The molecule has 1 aliphatic rings. The molecule has 0 bridgehead atoms. The molecule has 1 saturated heterocycles. The third kappa shape index (κ3) is 4.50. The fourth-order valence-corrected chi connectivity index (χ4v) is 4.44. The Morgan fingerprint density at radius 1 is 1.03 bits per heavy atom. The van der Waals surface area contributed by atoms with Crippen molar-refractivity contribution < 1.29 is 23.9 Å². The van der Waals surface area contributed by atoms with E-state index in [0.717, 1.165) is 27.4 Å². The number of carbonyl (C=O) groups is 4. The second kappa shape index (κ2) is 9.23. The quantitative estimate of drug-likeness (QED) is 0.457. The average Bonchev–Trinajstić information content (AvgIpc) is 3.10. The number of imide groups is 1. The number of nitrogens with one attached hydrogen (secondary N) is 1. The number of hydrogen-bond donors (Lipinski definition) is 1. The van der Waals surface area contributed by atoms with Crippen LogP contribution in [-0.4, -0.2) is 41.8 Å². The van der Waals surface area contributed by atoms with Gasteiger partial charge >= 0.3 is 5.97 Å². The van der Waals surface area contributed by atoms with Gasteiger partial charge in [0.2, 0.25) is 17.7 Å². The van der Waals surface area contributed by atoms with Gasteiger partial charge in [-0.2, -0.15) is 0 Å². The first-order chi connectivity index (χ1) is 15.5. The number of anilines is 2. The highest BCUT2D eigenvalue weighted by Crippen LogP contribution is 2.30. The number of carbonyl (C=O) groups excluding carboxylic acids is 4. The molecule has 3 aromatic rings. The van der Waals surface area contributed by atoms with Crippen molar-refractivity contribution in [3.8, 4) is 0 Å². The molecule has 1 atom stereocenters. The van der Waals surface area contributed by atoms with E-state index in [1.807, 2.05) is 42.5 Å². The lowest BCUT2D eigenvalue weighted by Gasteiger charge is -2.15. The van der Waals surface area contributed by atoms with E-state index in [4.69, 9.17) is 0 Å². The van der Waals surface area contributed by atoms with E-state index in [1.54, 1.807) is 0 Å². The Balaban J connectivity index is 1.36. The zero-order chi connectivity index (χ0) is 22.7.